The second-order valence-electron chi connectivity index (χ2n) is 6.35. The van der Waals surface area contributed by atoms with Crippen molar-refractivity contribution in [3.8, 4) is 5.75 Å². The molecule has 1 saturated heterocycles. The van der Waals surface area contributed by atoms with E-state index in [0.29, 0.717) is 13.2 Å². The molecule has 0 aromatic heterocycles. The first-order chi connectivity index (χ1) is 11.6. The number of carbonyl (C=O) groups excluding carboxylic acids is 1. The van der Waals surface area contributed by atoms with E-state index < -0.39 is 5.41 Å². The van der Waals surface area contributed by atoms with E-state index in [1.54, 1.807) is 0 Å². The molecular formula is C19H22N2O3. The summed E-state index contributed by atoms with van der Waals surface area (Å²) in [6, 6.07) is 17.6. The van der Waals surface area contributed by atoms with Gasteiger partial charge in [-0.3, -0.25) is 15.2 Å². The third-order valence-electron chi connectivity index (χ3n) is 4.08. The maximum Gasteiger partial charge on any atom is 0.248 e. The van der Waals surface area contributed by atoms with Crippen molar-refractivity contribution >= 4 is 11.6 Å². The van der Waals surface area contributed by atoms with Gasteiger partial charge in [-0.2, -0.15) is 0 Å². The van der Waals surface area contributed by atoms with Gasteiger partial charge in [-0.1, -0.05) is 30.3 Å². The maximum atomic E-state index is 12.3. The average Bonchev–Trinajstić information content (AvgIpc) is 2.88. The molecule has 1 heterocycles. The Morgan fingerprint density at radius 3 is 2.71 bits per heavy atom. The Balaban J connectivity index is 1.52. The fraction of sp³-hybridized carbons (Fsp3) is 0.316. The van der Waals surface area contributed by atoms with Crippen LogP contribution in [0.2, 0.25) is 0 Å². The average molecular weight is 326 g/mol. The number of carbonyl (C=O) groups is 1. The molecule has 126 valence electrons. The lowest BCUT2D eigenvalue weighted by Gasteiger charge is -2.21. The Labute approximate surface area is 142 Å². The number of nitrogens with zero attached hydrogens (tertiary/aromatic N) is 1. The minimum absolute atomic E-state index is 0.0399. The van der Waals surface area contributed by atoms with Gasteiger partial charge < -0.3 is 9.47 Å². The SMILES string of the molecule is Cc1cccc(OCOCC2(C)CN(c3ccccc3)NC2=O)c1. The Morgan fingerprint density at radius 2 is 1.96 bits per heavy atom. The molecule has 5 nitrogen and oxygen atoms in total. The zero-order valence-corrected chi connectivity index (χ0v) is 14.0. The molecule has 0 saturated carbocycles. The highest BCUT2D eigenvalue weighted by molar-refractivity contribution is 5.87. The summed E-state index contributed by atoms with van der Waals surface area (Å²) in [5.41, 5.74) is 4.39. The van der Waals surface area contributed by atoms with E-state index in [4.69, 9.17) is 9.47 Å². The normalized spacial score (nSPS) is 20.1. The largest absolute Gasteiger partial charge is 0.468 e. The van der Waals surface area contributed by atoms with Gasteiger partial charge in [0.15, 0.2) is 6.79 Å². The molecule has 1 fully saturated rings. The zero-order valence-electron chi connectivity index (χ0n) is 14.0. The first kappa shape index (κ1) is 16.3. The van der Waals surface area contributed by atoms with Crippen LogP contribution in [0.3, 0.4) is 0 Å². The Kier molecular flexibility index (Phi) is 4.71. The quantitative estimate of drug-likeness (QED) is 0.655. The van der Waals surface area contributed by atoms with Gasteiger partial charge in [0.1, 0.15) is 5.75 Å². The number of para-hydroxylation sites is 1. The maximum absolute atomic E-state index is 12.3. The topological polar surface area (TPSA) is 50.8 Å². The van der Waals surface area contributed by atoms with E-state index in [1.165, 1.54) is 0 Å². The molecule has 1 atom stereocenters. The number of anilines is 1. The van der Waals surface area contributed by atoms with Crippen molar-refractivity contribution in [3.05, 3.63) is 60.2 Å². The molecule has 24 heavy (non-hydrogen) atoms. The van der Waals surface area contributed by atoms with Gasteiger partial charge in [-0.05, 0) is 43.7 Å². The molecule has 1 N–H and O–H groups in total. The summed E-state index contributed by atoms with van der Waals surface area (Å²) in [5.74, 6) is 0.726. The van der Waals surface area contributed by atoms with Crippen LogP contribution in [0.15, 0.2) is 54.6 Å². The van der Waals surface area contributed by atoms with Crippen molar-refractivity contribution in [2.45, 2.75) is 13.8 Å². The lowest BCUT2D eigenvalue weighted by Crippen LogP contribution is -2.35. The summed E-state index contributed by atoms with van der Waals surface area (Å²) in [6.07, 6.45) is 0. The van der Waals surface area contributed by atoms with Gasteiger partial charge in [0, 0.05) is 0 Å². The van der Waals surface area contributed by atoms with E-state index >= 15 is 0 Å². The zero-order chi connectivity index (χ0) is 17.0. The molecule has 0 radical (unpaired) electrons. The first-order valence-corrected chi connectivity index (χ1v) is 7.98. The van der Waals surface area contributed by atoms with Crippen LogP contribution in [0.25, 0.3) is 0 Å². The summed E-state index contributed by atoms with van der Waals surface area (Å²) >= 11 is 0. The van der Waals surface area contributed by atoms with Crippen LogP contribution in [-0.4, -0.2) is 25.9 Å². The second-order valence-corrected chi connectivity index (χ2v) is 6.35. The molecule has 1 aliphatic rings. The molecule has 1 aliphatic heterocycles. The Bertz CT molecular complexity index is 705. The molecule has 0 spiro atoms. The highest BCUT2D eigenvalue weighted by Gasteiger charge is 2.42. The van der Waals surface area contributed by atoms with Gasteiger partial charge in [-0.25, -0.2) is 0 Å². The van der Waals surface area contributed by atoms with Crippen molar-refractivity contribution in [3.63, 3.8) is 0 Å². The minimum atomic E-state index is -0.605. The fourth-order valence-corrected chi connectivity index (χ4v) is 2.67. The van der Waals surface area contributed by atoms with Crippen LogP contribution in [0.1, 0.15) is 12.5 Å². The fourth-order valence-electron chi connectivity index (χ4n) is 2.67. The van der Waals surface area contributed by atoms with Crippen molar-refractivity contribution in [1.29, 1.82) is 0 Å². The van der Waals surface area contributed by atoms with Crippen LogP contribution in [0.4, 0.5) is 5.69 Å². The van der Waals surface area contributed by atoms with E-state index in [9.17, 15) is 4.79 Å². The molecule has 1 amide bonds. The predicted octanol–water partition coefficient (Wildman–Crippen LogP) is 2.91. The molecule has 1 unspecified atom stereocenters. The van der Waals surface area contributed by atoms with Crippen molar-refractivity contribution in [2.75, 3.05) is 25.0 Å². The van der Waals surface area contributed by atoms with Gasteiger partial charge in [0.2, 0.25) is 5.91 Å². The van der Waals surface area contributed by atoms with Crippen LogP contribution >= 0.6 is 0 Å². The van der Waals surface area contributed by atoms with E-state index in [0.717, 1.165) is 17.0 Å². The van der Waals surface area contributed by atoms with Crippen molar-refractivity contribution in [1.82, 2.24) is 5.43 Å². The number of ether oxygens (including phenoxy) is 2. The third kappa shape index (κ3) is 3.68. The summed E-state index contributed by atoms with van der Waals surface area (Å²) in [7, 11) is 0. The number of hydrogen-bond acceptors (Lipinski definition) is 4. The standard InChI is InChI=1S/C19H22N2O3/c1-15-7-6-10-17(11-15)24-14-23-13-19(2)12-21(20-18(19)22)16-8-4-3-5-9-16/h3-11H,12-14H2,1-2H3,(H,20,22). The van der Waals surface area contributed by atoms with Gasteiger partial charge in [0.05, 0.1) is 24.3 Å². The molecule has 0 bridgehead atoms. The highest BCUT2D eigenvalue weighted by Crippen LogP contribution is 2.28. The third-order valence-corrected chi connectivity index (χ3v) is 4.08. The summed E-state index contributed by atoms with van der Waals surface area (Å²) in [6.45, 7) is 4.89. The van der Waals surface area contributed by atoms with Gasteiger partial charge in [0.25, 0.3) is 0 Å². The van der Waals surface area contributed by atoms with Crippen molar-refractivity contribution in [2.24, 2.45) is 5.41 Å². The number of rotatable bonds is 6. The number of aryl methyl sites for hydroxylation is 1. The van der Waals surface area contributed by atoms with Crippen LogP contribution in [0, 0.1) is 12.3 Å². The number of hydrazine groups is 1. The molecule has 2 aromatic carbocycles. The summed E-state index contributed by atoms with van der Waals surface area (Å²) < 4.78 is 11.2. The van der Waals surface area contributed by atoms with E-state index in [1.807, 2.05) is 73.5 Å². The van der Waals surface area contributed by atoms with Crippen LogP contribution < -0.4 is 15.2 Å². The number of nitrogens with one attached hydrogen (secondary N) is 1. The lowest BCUT2D eigenvalue weighted by atomic mass is 9.92. The van der Waals surface area contributed by atoms with Crippen LogP contribution in [-0.2, 0) is 9.53 Å². The summed E-state index contributed by atoms with van der Waals surface area (Å²) in [4.78, 5) is 12.3. The molecule has 2 aromatic rings. The van der Waals surface area contributed by atoms with E-state index in [2.05, 4.69) is 5.43 Å². The predicted molar refractivity (Wildman–Crippen MR) is 92.7 cm³/mol. The highest BCUT2D eigenvalue weighted by atomic mass is 16.7. The minimum Gasteiger partial charge on any atom is -0.468 e. The number of benzene rings is 2. The Morgan fingerprint density at radius 1 is 1.17 bits per heavy atom. The molecule has 0 aliphatic carbocycles. The smallest absolute Gasteiger partial charge is 0.248 e. The second kappa shape index (κ2) is 6.93. The molecule has 3 rings (SSSR count). The summed E-state index contributed by atoms with van der Waals surface area (Å²) in [5, 5.41) is 1.85. The first-order valence-electron chi connectivity index (χ1n) is 7.98. The monoisotopic (exact) mass is 326 g/mol. The number of amides is 1. The van der Waals surface area contributed by atoms with Gasteiger partial charge >= 0.3 is 0 Å². The molecule has 5 heteroatoms. The van der Waals surface area contributed by atoms with Gasteiger partial charge in [-0.15, -0.1) is 0 Å². The van der Waals surface area contributed by atoms with E-state index in [-0.39, 0.29) is 12.7 Å². The van der Waals surface area contributed by atoms with Crippen molar-refractivity contribution < 1.29 is 14.3 Å². The Hall–Kier alpha value is -2.53. The van der Waals surface area contributed by atoms with Crippen LogP contribution in [0.5, 0.6) is 5.75 Å². The number of hydrogen-bond donors (Lipinski definition) is 1. The lowest BCUT2D eigenvalue weighted by molar-refractivity contribution is -0.131. The molecular weight excluding hydrogens is 304 g/mol.